The zero-order valence-corrected chi connectivity index (χ0v) is 8.82. The number of amides is 1. The number of aliphatic hydroxyl groups is 1. The minimum atomic E-state index is -0.520. The Bertz CT molecular complexity index is 175. The molecule has 0 aromatic heterocycles. The first-order valence-corrected chi connectivity index (χ1v) is 4.81. The summed E-state index contributed by atoms with van der Waals surface area (Å²) in [6.07, 6.45) is 0.354. The highest BCUT2D eigenvalue weighted by atomic mass is 16.6. The minimum absolute atomic E-state index is 0.223. The third kappa shape index (κ3) is 9.17. The predicted molar refractivity (Wildman–Crippen MR) is 52.2 cm³/mol. The normalized spacial score (nSPS) is 9.73. The average molecular weight is 219 g/mol. The van der Waals surface area contributed by atoms with Crippen LogP contribution >= 0.6 is 0 Å². The maximum atomic E-state index is 10.7. The molecule has 0 bridgehead atoms. The largest absolute Gasteiger partial charge is 0.463 e. The summed E-state index contributed by atoms with van der Waals surface area (Å²) < 4.78 is 9.80. The van der Waals surface area contributed by atoms with Gasteiger partial charge in [0, 0.05) is 13.0 Å². The summed E-state index contributed by atoms with van der Waals surface area (Å²) in [7, 11) is 0. The van der Waals surface area contributed by atoms with Crippen LogP contribution in [0.15, 0.2) is 0 Å². The number of aliphatic hydroxyl groups excluding tert-OH is 1. The Hall–Kier alpha value is -1.14. The predicted octanol–water partition coefficient (Wildman–Crippen LogP) is -0.935. The lowest BCUT2D eigenvalue weighted by Gasteiger charge is -2.05. The number of hydrogen-bond acceptors (Lipinski definition) is 5. The van der Waals surface area contributed by atoms with Crippen LogP contribution in [0.2, 0.25) is 0 Å². The molecule has 88 valence electrons. The van der Waals surface area contributed by atoms with Gasteiger partial charge in [0.2, 0.25) is 5.91 Å². The van der Waals surface area contributed by atoms with E-state index < -0.39 is 12.5 Å². The van der Waals surface area contributed by atoms with E-state index in [1.54, 1.807) is 6.92 Å². The molecular formula is C9H17NO5. The van der Waals surface area contributed by atoms with Crippen LogP contribution in [0, 0.1) is 0 Å². The SMILES string of the molecule is CCC(=O)OCCOCCNC(=O)CO. The molecule has 0 aliphatic heterocycles. The third-order valence-electron chi connectivity index (χ3n) is 1.49. The molecule has 0 radical (unpaired) electrons. The Balaban J connectivity index is 3.11. The molecule has 6 nitrogen and oxygen atoms in total. The summed E-state index contributed by atoms with van der Waals surface area (Å²) in [5.41, 5.74) is 0. The van der Waals surface area contributed by atoms with E-state index >= 15 is 0 Å². The number of rotatable bonds is 8. The lowest BCUT2D eigenvalue weighted by molar-refractivity contribution is -0.144. The molecule has 0 spiro atoms. The fraction of sp³-hybridized carbons (Fsp3) is 0.778. The molecule has 0 aliphatic rings. The molecule has 0 fully saturated rings. The first kappa shape index (κ1) is 13.9. The number of hydrogen-bond donors (Lipinski definition) is 2. The summed E-state index contributed by atoms with van der Waals surface area (Å²) in [4.78, 5) is 21.2. The maximum Gasteiger partial charge on any atom is 0.305 e. The fourth-order valence-corrected chi connectivity index (χ4v) is 0.737. The molecule has 1 amide bonds. The molecular weight excluding hydrogens is 202 g/mol. The molecule has 6 heteroatoms. The van der Waals surface area contributed by atoms with Gasteiger partial charge in [0.1, 0.15) is 13.2 Å². The van der Waals surface area contributed by atoms with Crippen molar-refractivity contribution in [2.24, 2.45) is 0 Å². The molecule has 0 aromatic rings. The zero-order chi connectivity index (χ0) is 11.5. The highest BCUT2D eigenvalue weighted by Crippen LogP contribution is 1.84. The molecule has 0 rings (SSSR count). The standard InChI is InChI=1S/C9H17NO5/c1-2-9(13)15-6-5-14-4-3-10-8(12)7-11/h11H,2-7H2,1H3,(H,10,12). The van der Waals surface area contributed by atoms with E-state index in [1.165, 1.54) is 0 Å². The Morgan fingerprint density at radius 2 is 2.00 bits per heavy atom. The van der Waals surface area contributed by atoms with Crippen LogP contribution in [0.1, 0.15) is 13.3 Å². The van der Waals surface area contributed by atoms with Crippen molar-refractivity contribution < 1.29 is 24.2 Å². The number of esters is 1. The van der Waals surface area contributed by atoms with Gasteiger partial charge in [-0.05, 0) is 0 Å². The number of nitrogens with one attached hydrogen (secondary N) is 1. The van der Waals surface area contributed by atoms with Crippen LogP contribution < -0.4 is 5.32 Å². The van der Waals surface area contributed by atoms with Gasteiger partial charge < -0.3 is 19.9 Å². The van der Waals surface area contributed by atoms with Gasteiger partial charge in [0.15, 0.2) is 0 Å². The van der Waals surface area contributed by atoms with Gasteiger partial charge in [-0.2, -0.15) is 0 Å². The van der Waals surface area contributed by atoms with Crippen molar-refractivity contribution in [3.05, 3.63) is 0 Å². The first-order chi connectivity index (χ1) is 7.20. The summed E-state index contributed by atoms with van der Waals surface area (Å²) in [6.45, 7) is 2.39. The molecule has 2 N–H and O–H groups in total. The fourth-order valence-electron chi connectivity index (χ4n) is 0.737. The summed E-state index contributed by atoms with van der Waals surface area (Å²) in [5, 5.41) is 10.8. The molecule has 0 atom stereocenters. The van der Waals surface area contributed by atoms with Crippen molar-refractivity contribution in [2.45, 2.75) is 13.3 Å². The molecule has 0 unspecified atom stereocenters. The van der Waals surface area contributed by atoms with Gasteiger partial charge >= 0.3 is 5.97 Å². The first-order valence-electron chi connectivity index (χ1n) is 4.81. The minimum Gasteiger partial charge on any atom is -0.463 e. The van der Waals surface area contributed by atoms with Crippen LogP contribution in [0.5, 0.6) is 0 Å². The maximum absolute atomic E-state index is 10.7. The zero-order valence-electron chi connectivity index (χ0n) is 8.82. The quantitative estimate of drug-likeness (QED) is 0.407. The van der Waals surface area contributed by atoms with Gasteiger partial charge in [0.25, 0.3) is 0 Å². The number of ether oxygens (including phenoxy) is 2. The second kappa shape index (κ2) is 9.42. The van der Waals surface area contributed by atoms with Gasteiger partial charge in [-0.3, -0.25) is 9.59 Å². The van der Waals surface area contributed by atoms with E-state index in [1.807, 2.05) is 0 Å². The third-order valence-corrected chi connectivity index (χ3v) is 1.49. The molecule has 0 aliphatic carbocycles. The topological polar surface area (TPSA) is 84.9 Å². The van der Waals surface area contributed by atoms with Crippen LogP contribution in [0.3, 0.4) is 0 Å². The van der Waals surface area contributed by atoms with E-state index in [4.69, 9.17) is 14.6 Å². The Labute approximate surface area is 88.6 Å². The summed E-state index contributed by atoms with van der Waals surface area (Å²) in [5.74, 6) is -0.691. The van der Waals surface area contributed by atoms with Crippen molar-refractivity contribution >= 4 is 11.9 Å². The molecule has 0 saturated carbocycles. The van der Waals surface area contributed by atoms with Crippen molar-refractivity contribution in [3.63, 3.8) is 0 Å². The smallest absolute Gasteiger partial charge is 0.305 e. The van der Waals surface area contributed by atoms with E-state index in [0.29, 0.717) is 26.2 Å². The van der Waals surface area contributed by atoms with Crippen LogP contribution in [-0.2, 0) is 19.1 Å². The molecule has 0 heterocycles. The average Bonchev–Trinajstić information content (AvgIpc) is 2.26. The Morgan fingerprint density at radius 1 is 1.27 bits per heavy atom. The van der Waals surface area contributed by atoms with Crippen LogP contribution in [0.25, 0.3) is 0 Å². The van der Waals surface area contributed by atoms with Gasteiger partial charge in [-0.15, -0.1) is 0 Å². The van der Waals surface area contributed by atoms with Crippen molar-refractivity contribution in [1.82, 2.24) is 5.32 Å². The van der Waals surface area contributed by atoms with E-state index in [0.717, 1.165) is 0 Å². The van der Waals surface area contributed by atoms with Gasteiger partial charge in [0.05, 0.1) is 13.2 Å². The number of carbonyl (C=O) groups excluding carboxylic acids is 2. The van der Waals surface area contributed by atoms with Gasteiger partial charge in [-0.1, -0.05) is 6.92 Å². The van der Waals surface area contributed by atoms with Crippen molar-refractivity contribution in [3.8, 4) is 0 Å². The van der Waals surface area contributed by atoms with Crippen LogP contribution in [0.4, 0.5) is 0 Å². The molecule has 0 aromatic carbocycles. The summed E-state index contributed by atoms with van der Waals surface area (Å²) >= 11 is 0. The number of carbonyl (C=O) groups is 2. The van der Waals surface area contributed by atoms with E-state index in [2.05, 4.69) is 5.32 Å². The molecule has 0 saturated heterocycles. The van der Waals surface area contributed by atoms with Gasteiger partial charge in [-0.25, -0.2) is 0 Å². The second-order valence-corrected chi connectivity index (χ2v) is 2.69. The lowest BCUT2D eigenvalue weighted by atomic mass is 10.5. The lowest BCUT2D eigenvalue weighted by Crippen LogP contribution is -2.29. The molecule has 15 heavy (non-hydrogen) atoms. The summed E-state index contributed by atoms with van der Waals surface area (Å²) in [6, 6.07) is 0. The van der Waals surface area contributed by atoms with E-state index in [-0.39, 0.29) is 12.6 Å². The van der Waals surface area contributed by atoms with Crippen LogP contribution in [-0.4, -0.2) is 50.0 Å². The monoisotopic (exact) mass is 219 g/mol. The van der Waals surface area contributed by atoms with Crippen molar-refractivity contribution in [1.29, 1.82) is 0 Å². The van der Waals surface area contributed by atoms with E-state index in [9.17, 15) is 9.59 Å². The van der Waals surface area contributed by atoms with Crippen molar-refractivity contribution in [2.75, 3.05) is 33.0 Å². The Morgan fingerprint density at radius 3 is 2.60 bits per heavy atom. The highest BCUT2D eigenvalue weighted by molar-refractivity contribution is 5.76. The second-order valence-electron chi connectivity index (χ2n) is 2.69. The Kier molecular flexibility index (Phi) is 8.70. The highest BCUT2D eigenvalue weighted by Gasteiger charge is 1.98.